The SMILES string of the molecule is Cc1ccc(CNCc2cc(Br)cc3c2OCC3)cc1C. The fourth-order valence-electron chi connectivity index (χ4n) is 2.73. The Balaban J connectivity index is 1.67. The van der Waals surface area contributed by atoms with Crippen molar-refractivity contribution < 1.29 is 4.74 Å². The normalized spacial score (nSPS) is 13.1. The van der Waals surface area contributed by atoms with E-state index in [4.69, 9.17) is 4.74 Å². The third kappa shape index (κ3) is 3.30. The first kappa shape index (κ1) is 14.6. The van der Waals surface area contributed by atoms with Crippen molar-refractivity contribution in [2.75, 3.05) is 6.61 Å². The minimum atomic E-state index is 0.802. The molecule has 0 saturated heterocycles. The Labute approximate surface area is 134 Å². The topological polar surface area (TPSA) is 21.3 Å². The van der Waals surface area contributed by atoms with Gasteiger partial charge in [-0.25, -0.2) is 0 Å². The van der Waals surface area contributed by atoms with E-state index in [0.717, 1.165) is 36.3 Å². The summed E-state index contributed by atoms with van der Waals surface area (Å²) in [5, 5.41) is 3.52. The maximum Gasteiger partial charge on any atom is 0.127 e. The molecule has 1 aliphatic rings. The van der Waals surface area contributed by atoms with E-state index in [1.807, 2.05) is 0 Å². The zero-order chi connectivity index (χ0) is 14.8. The molecule has 2 aromatic rings. The number of hydrogen-bond donors (Lipinski definition) is 1. The van der Waals surface area contributed by atoms with Gasteiger partial charge in [-0.3, -0.25) is 0 Å². The first-order chi connectivity index (χ1) is 10.1. The van der Waals surface area contributed by atoms with Crippen molar-refractivity contribution in [3.63, 3.8) is 0 Å². The predicted octanol–water partition coefficient (Wildman–Crippen LogP) is 4.29. The summed E-state index contributed by atoms with van der Waals surface area (Å²) >= 11 is 3.59. The van der Waals surface area contributed by atoms with E-state index >= 15 is 0 Å². The van der Waals surface area contributed by atoms with Gasteiger partial charge in [0.25, 0.3) is 0 Å². The number of aryl methyl sites for hydroxylation is 2. The number of benzene rings is 2. The van der Waals surface area contributed by atoms with Crippen molar-refractivity contribution in [3.8, 4) is 5.75 Å². The van der Waals surface area contributed by atoms with Crippen LogP contribution in [-0.2, 0) is 19.5 Å². The lowest BCUT2D eigenvalue weighted by atomic mass is 10.1. The van der Waals surface area contributed by atoms with Crippen LogP contribution in [0.15, 0.2) is 34.8 Å². The molecule has 3 rings (SSSR count). The fourth-order valence-corrected chi connectivity index (χ4v) is 3.28. The molecule has 0 saturated carbocycles. The van der Waals surface area contributed by atoms with E-state index in [-0.39, 0.29) is 0 Å². The lowest BCUT2D eigenvalue weighted by molar-refractivity contribution is 0.352. The molecule has 2 aromatic carbocycles. The molecule has 0 aromatic heterocycles. The van der Waals surface area contributed by atoms with Crippen molar-refractivity contribution in [1.82, 2.24) is 5.32 Å². The van der Waals surface area contributed by atoms with Crippen molar-refractivity contribution in [1.29, 1.82) is 0 Å². The highest BCUT2D eigenvalue weighted by Crippen LogP contribution is 2.32. The summed E-state index contributed by atoms with van der Waals surface area (Å²) < 4.78 is 6.90. The van der Waals surface area contributed by atoms with Gasteiger partial charge >= 0.3 is 0 Å². The molecule has 3 heteroatoms. The van der Waals surface area contributed by atoms with Gasteiger partial charge < -0.3 is 10.1 Å². The fraction of sp³-hybridized carbons (Fsp3) is 0.333. The second-order valence-electron chi connectivity index (χ2n) is 5.67. The average Bonchev–Trinajstić information content (AvgIpc) is 2.91. The van der Waals surface area contributed by atoms with E-state index in [9.17, 15) is 0 Å². The molecule has 0 fully saturated rings. The Hall–Kier alpha value is -1.32. The Kier molecular flexibility index (Phi) is 4.32. The Morgan fingerprint density at radius 1 is 1.10 bits per heavy atom. The molecular formula is C18H20BrNO. The van der Waals surface area contributed by atoms with Gasteiger partial charge in [0.2, 0.25) is 0 Å². The summed E-state index contributed by atoms with van der Waals surface area (Å²) in [6.07, 6.45) is 1.01. The molecule has 21 heavy (non-hydrogen) atoms. The molecule has 2 nitrogen and oxygen atoms in total. The van der Waals surface area contributed by atoms with Crippen LogP contribution in [0.2, 0.25) is 0 Å². The lowest BCUT2D eigenvalue weighted by Gasteiger charge is -2.11. The Bertz CT molecular complexity index is 667. The molecule has 0 aliphatic carbocycles. The van der Waals surface area contributed by atoms with Crippen LogP contribution in [0.3, 0.4) is 0 Å². The third-order valence-electron chi connectivity index (χ3n) is 4.04. The predicted molar refractivity (Wildman–Crippen MR) is 89.8 cm³/mol. The largest absolute Gasteiger partial charge is 0.493 e. The molecule has 0 unspecified atom stereocenters. The summed E-state index contributed by atoms with van der Waals surface area (Å²) in [6.45, 7) is 6.82. The van der Waals surface area contributed by atoms with E-state index in [1.54, 1.807) is 0 Å². The highest BCUT2D eigenvalue weighted by molar-refractivity contribution is 9.10. The smallest absolute Gasteiger partial charge is 0.127 e. The van der Waals surface area contributed by atoms with E-state index in [2.05, 4.69) is 65.4 Å². The maximum absolute atomic E-state index is 5.76. The summed E-state index contributed by atoms with van der Waals surface area (Å²) in [4.78, 5) is 0. The van der Waals surface area contributed by atoms with Gasteiger partial charge in [-0.1, -0.05) is 34.1 Å². The molecule has 0 bridgehead atoms. The molecule has 0 atom stereocenters. The third-order valence-corrected chi connectivity index (χ3v) is 4.50. The average molecular weight is 346 g/mol. The number of ether oxygens (including phenoxy) is 1. The quantitative estimate of drug-likeness (QED) is 0.892. The van der Waals surface area contributed by atoms with Gasteiger partial charge in [0.15, 0.2) is 0 Å². The van der Waals surface area contributed by atoms with Gasteiger partial charge in [0.1, 0.15) is 5.75 Å². The van der Waals surface area contributed by atoms with Crippen LogP contribution in [0.1, 0.15) is 27.8 Å². The van der Waals surface area contributed by atoms with Crippen LogP contribution in [0.25, 0.3) is 0 Å². The summed E-state index contributed by atoms with van der Waals surface area (Å²) in [5.41, 5.74) is 6.57. The van der Waals surface area contributed by atoms with Gasteiger partial charge in [-0.05, 0) is 48.2 Å². The van der Waals surface area contributed by atoms with Crippen LogP contribution in [0, 0.1) is 13.8 Å². The van der Waals surface area contributed by atoms with Crippen LogP contribution < -0.4 is 10.1 Å². The molecule has 1 aliphatic heterocycles. The van der Waals surface area contributed by atoms with Crippen molar-refractivity contribution in [2.24, 2.45) is 0 Å². The van der Waals surface area contributed by atoms with Gasteiger partial charge in [-0.2, -0.15) is 0 Å². The van der Waals surface area contributed by atoms with Crippen molar-refractivity contribution in [2.45, 2.75) is 33.4 Å². The number of hydrogen-bond acceptors (Lipinski definition) is 2. The molecule has 0 amide bonds. The first-order valence-electron chi connectivity index (χ1n) is 7.34. The van der Waals surface area contributed by atoms with E-state index in [1.165, 1.54) is 27.8 Å². The zero-order valence-corrected chi connectivity index (χ0v) is 14.1. The number of nitrogens with one attached hydrogen (secondary N) is 1. The molecule has 1 heterocycles. The molecular weight excluding hydrogens is 326 g/mol. The Morgan fingerprint density at radius 3 is 2.76 bits per heavy atom. The highest BCUT2D eigenvalue weighted by atomic mass is 79.9. The molecule has 0 spiro atoms. The minimum absolute atomic E-state index is 0.802. The maximum atomic E-state index is 5.76. The monoisotopic (exact) mass is 345 g/mol. The number of halogens is 1. The summed E-state index contributed by atoms with van der Waals surface area (Å²) in [7, 11) is 0. The number of fused-ring (bicyclic) bond motifs is 1. The molecule has 1 N–H and O–H groups in total. The first-order valence-corrected chi connectivity index (χ1v) is 8.14. The van der Waals surface area contributed by atoms with E-state index in [0.29, 0.717) is 0 Å². The molecule has 0 radical (unpaired) electrons. The van der Waals surface area contributed by atoms with E-state index < -0.39 is 0 Å². The van der Waals surface area contributed by atoms with Gasteiger partial charge in [0, 0.05) is 29.5 Å². The van der Waals surface area contributed by atoms with Crippen LogP contribution in [0.5, 0.6) is 5.75 Å². The second kappa shape index (κ2) is 6.20. The second-order valence-corrected chi connectivity index (χ2v) is 6.59. The summed E-state index contributed by atoms with van der Waals surface area (Å²) in [6, 6.07) is 10.9. The summed E-state index contributed by atoms with van der Waals surface area (Å²) in [5.74, 6) is 1.07. The van der Waals surface area contributed by atoms with Gasteiger partial charge in [-0.15, -0.1) is 0 Å². The number of rotatable bonds is 4. The lowest BCUT2D eigenvalue weighted by Crippen LogP contribution is -2.13. The minimum Gasteiger partial charge on any atom is -0.493 e. The zero-order valence-electron chi connectivity index (χ0n) is 12.5. The molecule has 110 valence electrons. The Morgan fingerprint density at radius 2 is 1.95 bits per heavy atom. The van der Waals surface area contributed by atoms with Crippen LogP contribution in [0.4, 0.5) is 0 Å². The van der Waals surface area contributed by atoms with Crippen molar-refractivity contribution in [3.05, 3.63) is 62.6 Å². The standard InChI is InChI=1S/C18H20BrNO/c1-12-3-4-14(7-13(12)2)10-20-11-16-9-17(19)8-15-5-6-21-18(15)16/h3-4,7-9,20H,5-6,10-11H2,1-2H3. The highest BCUT2D eigenvalue weighted by Gasteiger charge is 2.17. The van der Waals surface area contributed by atoms with Crippen molar-refractivity contribution >= 4 is 15.9 Å². The van der Waals surface area contributed by atoms with Crippen LogP contribution in [-0.4, -0.2) is 6.61 Å². The van der Waals surface area contributed by atoms with Crippen LogP contribution >= 0.6 is 15.9 Å². The van der Waals surface area contributed by atoms with Gasteiger partial charge in [0.05, 0.1) is 6.61 Å².